The number of fused-ring (bicyclic) bond motifs is 14. The first kappa shape index (κ1) is 30.2. The predicted octanol–water partition coefficient (Wildman–Crippen LogP) is 13.9. The molecular weight excluding hydrogens is 675 g/mol. The van der Waals surface area contributed by atoms with Gasteiger partial charge in [0.2, 0.25) is 0 Å². The number of benzene rings is 8. The Morgan fingerprint density at radius 1 is 0.382 bits per heavy atom. The molecular formula is C51H31NO3. The van der Waals surface area contributed by atoms with Crippen LogP contribution >= 0.6 is 0 Å². The van der Waals surface area contributed by atoms with Crippen molar-refractivity contribution in [2.24, 2.45) is 0 Å². The van der Waals surface area contributed by atoms with E-state index in [1.54, 1.807) is 0 Å². The van der Waals surface area contributed by atoms with E-state index in [1.807, 2.05) is 30.3 Å². The monoisotopic (exact) mass is 705 g/mol. The number of anilines is 3. The molecule has 1 aliphatic carbocycles. The molecule has 12 rings (SSSR count). The summed E-state index contributed by atoms with van der Waals surface area (Å²) in [5.41, 5.74) is 13.1. The summed E-state index contributed by atoms with van der Waals surface area (Å²) in [5, 5.41) is 3.12. The molecule has 4 nitrogen and oxygen atoms in total. The SMILES string of the molecule is c1ccc(-c2ccc(N(c3ccc4c(c3)Oc3c(oc5ccccc35)C43c4ccccc4-c4ccccc43)c3ccc4oc5ccccc5c4c3)cc2)cc1. The molecule has 10 aromatic rings. The van der Waals surface area contributed by atoms with E-state index >= 15 is 0 Å². The number of rotatable bonds is 4. The second-order valence-electron chi connectivity index (χ2n) is 14.4. The zero-order valence-corrected chi connectivity index (χ0v) is 29.6. The Morgan fingerprint density at radius 2 is 0.945 bits per heavy atom. The smallest absolute Gasteiger partial charge is 0.178 e. The molecule has 2 aliphatic rings. The molecule has 0 bridgehead atoms. The summed E-state index contributed by atoms with van der Waals surface area (Å²) >= 11 is 0. The third-order valence-electron chi connectivity index (χ3n) is 11.5. The number of furan rings is 2. The van der Waals surface area contributed by atoms with Crippen LogP contribution in [0, 0.1) is 0 Å². The quantitative estimate of drug-likeness (QED) is 0.183. The number of para-hydroxylation sites is 2. The van der Waals surface area contributed by atoms with Crippen LogP contribution in [0.1, 0.15) is 22.5 Å². The molecule has 2 aromatic heterocycles. The summed E-state index contributed by atoms with van der Waals surface area (Å²) in [6.45, 7) is 0. The molecule has 4 heteroatoms. The summed E-state index contributed by atoms with van der Waals surface area (Å²) < 4.78 is 20.2. The maximum Gasteiger partial charge on any atom is 0.178 e. The van der Waals surface area contributed by atoms with Gasteiger partial charge in [0, 0.05) is 39.5 Å². The normalized spacial score (nSPS) is 13.4. The Labute approximate surface area is 317 Å². The second kappa shape index (κ2) is 11.3. The summed E-state index contributed by atoms with van der Waals surface area (Å²) in [5.74, 6) is 2.37. The first-order valence-electron chi connectivity index (χ1n) is 18.7. The number of nitrogens with zero attached hydrogens (tertiary/aromatic N) is 1. The fraction of sp³-hybridized carbons (Fsp3) is 0.0196. The van der Waals surface area contributed by atoms with Gasteiger partial charge in [0.25, 0.3) is 0 Å². The van der Waals surface area contributed by atoms with Crippen molar-refractivity contribution in [2.75, 3.05) is 4.90 Å². The van der Waals surface area contributed by atoms with Gasteiger partial charge in [0.1, 0.15) is 27.9 Å². The van der Waals surface area contributed by atoms with Crippen LogP contribution in [0.25, 0.3) is 55.2 Å². The highest BCUT2D eigenvalue weighted by Gasteiger charge is 2.54. The average Bonchev–Trinajstić information content (AvgIpc) is 3.91. The molecule has 0 saturated heterocycles. The van der Waals surface area contributed by atoms with Crippen LogP contribution in [0.5, 0.6) is 11.5 Å². The Morgan fingerprint density at radius 3 is 1.71 bits per heavy atom. The van der Waals surface area contributed by atoms with Crippen LogP contribution in [0.4, 0.5) is 17.1 Å². The van der Waals surface area contributed by atoms with Crippen molar-refractivity contribution in [3.05, 3.63) is 211 Å². The third kappa shape index (κ3) is 4.22. The van der Waals surface area contributed by atoms with Gasteiger partial charge in [-0.25, -0.2) is 0 Å². The lowest BCUT2D eigenvalue weighted by molar-refractivity contribution is 0.389. The molecule has 55 heavy (non-hydrogen) atoms. The highest BCUT2D eigenvalue weighted by Crippen LogP contribution is 2.64. The molecule has 0 amide bonds. The molecule has 1 spiro atoms. The minimum absolute atomic E-state index is 0.704. The minimum atomic E-state index is -0.704. The summed E-state index contributed by atoms with van der Waals surface area (Å²) in [6.07, 6.45) is 0. The predicted molar refractivity (Wildman–Crippen MR) is 221 cm³/mol. The van der Waals surface area contributed by atoms with Gasteiger partial charge in [-0.15, -0.1) is 0 Å². The molecule has 0 fully saturated rings. The van der Waals surface area contributed by atoms with Crippen molar-refractivity contribution in [1.82, 2.24) is 0 Å². The van der Waals surface area contributed by atoms with Crippen LogP contribution < -0.4 is 9.64 Å². The molecule has 0 radical (unpaired) electrons. The van der Waals surface area contributed by atoms with Gasteiger partial charge >= 0.3 is 0 Å². The number of hydrogen-bond donors (Lipinski definition) is 0. The topological polar surface area (TPSA) is 38.8 Å². The van der Waals surface area contributed by atoms with Crippen molar-refractivity contribution >= 4 is 50.0 Å². The second-order valence-corrected chi connectivity index (χ2v) is 14.4. The van der Waals surface area contributed by atoms with E-state index in [1.165, 1.54) is 27.8 Å². The summed E-state index contributed by atoms with van der Waals surface area (Å²) in [7, 11) is 0. The molecule has 3 heterocycles. The molecule has 1 aliphatic heterocycles. The van der Waals surface area contributed by atoms with Crippen LogP contribution in [0.15, 0.2) is 197 Å². The summed E-state index contributed by atoms with van der Waals surface area (Å²) in [4.78, 5) is 2.31. The fourth-order valence-corrected chi connectivity index (χ4v) is 9.15. The van der Waals surface area contributed by atoms with Crippen molar-refractivity contribution in [2.45, 2.75) is 5.41 Å². The number of ether oxygens (including phenoxy) is 1. The Bertz CT molecular complexity index is 3090. The minimum Gasteiger partial charge on any atom is -0.456 e. The van der Waals surface area contributed by atoms with Crippen LogP contribution in [-0.4, -0.2) is 0 Å². The highest BCUT2D eigenvalue weighted by molar-refractivity contribution is 6.06. The lowest BCUT2D eigenvalue weighted by Crippen LogP contribution is -2.31. The lowest BCUT2D eigenvalue weighted by Gasteiger charge is -2.37. The van der Waals surface area contributed by atoms with Gasteiger partial charge in [-0.1, -0.05) is 127 Å². The maximum absolute atomic E-state index is 7.07. The van der Waals surface area contributed by atoms with Crippen LogP contribution in [0.3, 0.4) is 0 Å². The van der Waals surface area contributed by atoms with E-state index in [9.17, 15) is 0 Å². The Hall–Kier alpha value is -7.30. The number of hydrogen-bond acceptors (Lipinski definition) is 4. The third-order valence-corrected chi connectivity index (χ3v) is 11.5. The average molecular weight is 706 g/mol. The van der Waals surface area contributed by atoms with Gasteiger partial charge in [-0.2, -0.15) is 0 Å². The molecule has 0 saturated carbocycles. The van der Waals surface area contributed by atoms with E-state index in [0.717, 1.165) is 78.4 Å². The van der Waals surface area contributed by atoms with Gasteiger partial charge in [0.05, 0.1) is 5.39 Å². The van der Waals surface area contributed by atoms with Crippen LogP contribution in [-0.2, 0) is 5.41 Å². The molecule has 258 valence electrons. The maximum atomic E-state index is 7.07. The van der Waals surface area contributed by atoms with E-state index in [2.05, 4.69) is 163 Å². The molecule has 8 aromatic carbocycles. The Balaban J connectivity index is 1.10. The van der Waals surface area contributed by atoms with E-state index in [0.29, 0.717) is 0 Å². The first-order valence-corrected chi connectivity index (χ1v) is 18.7. The van der Waals surface area contributed by atoms with Gasteiger partial charge in [-0.05, 0) is 88.0 Å². The summed E-state index contributed by atoms with van der Waals surface area (Å²) in [6, 6.07) is 66.3. The molecule has 0 unspecified atom stereocenters. The highest BCUT2D eigenvalue weighted by atomic mass is 16.5. The van der Waals surface area contributed by atoms with Crippen molar-refractivity contribution in [3.8, 4) is 33.8 Å². The standard InChI is InChI=1S/C51H31NO3/c1-2-12-32(13-3-1)33-22-24-34(25-23-33)52(35-27-29-47-41(30-35)39-16-6-10-20-45(39)53-47)36-26-28-44-48(31-36)54-49-40-17-7-11-21-46(40)55-50(49)51(44)42-18-8-4-14-37(42)38-15-5-9-19-43(38)51/h1-31H. The zero-order chi connectivity index (χ0) is 36.1. The first-order chi connectivity index (χ1) is 27.3. The van der Waals surface area contributed by atoms with Gasteiger partial charge in [0.15, 0.2) is 11.5 Å². The molecule has 0 N–H and O–H groups in total. The molecule has 0 atom stereocenters. The lowest BCUT2D eigenvalue weighted by atomic mass is 9.69. The largest absolute Gasteiger partial charge is 0.456 e. The van der Waals surface area contributed by atoms with E-state index < -0.39 is 5.41 Å². The van der Waals surface area contributed by atoms with Gasteiger partial charge in [-0.3, -0.25) is 0 Å². The van der Waals surface area contributed by atoms with E-state index in [4.69, 9.17) is 13.6 Å². The van der Waals surface area contributed by atoms with Crippen molar-refractivity contribution in [1.29, 1.82) is 0 Å². The van der Waals surface area contributed by atoms with Crippen LogP contribution in [0.2, 0.25) is 0 Å². The van der Waals surface area contributed by atoms with Gasteiger partial charge < -0.3 is 18.5 Å². The van der Waals surface area contributed by atoms with Crippen molar-refractivity contribution in [3.63, 3.8) is 0 Å². The van der Waals surface area contributed by atoms with E-state index in [-0.39, 0.29) is 0 Å². The fourth-order valence-electron chi connectivity index (χ4n) is 9.15. The zero-order valence-electron chi connectivity index (χ0n) is 29.6. The van der Waals surface area contributed by atoms with Crippen molar-refractivity contribution < 1.29 is 13.6 Å². The Kier molecular flexibility index (Phi) is 6.23.